The van der Waals surface area contributed by atoms with Gasteiger partial charge in [0, 0.05) is 28.5 Å². The number of hydrogen-bond donors (Lipinski definition) is 0. The molecule has 4 nitrogen and oxygen atoms in total. The van der Waals surface area contributed by atoms with Crippen LogP contribution in [0.1, 0.15) is 18.4 Å². The van der Waals surface area contributed by atoms with Crippen LogP contribution in [0.15, 0.2) is 57.2 Å². The molecule has 1 aliphatic rings. The molecule has 1 aliphatic heterocycles. The van der Waals surface area contributed by atoms with Crippen molar-refractivity contribution in [1.82, 2.24) is 4.98 Å². The summed E-state index contributed by atoms with van der Waals surface area (Å²) in [6.07, 6.45) is 1.13. The molecule has 0 spiro atoms. The normalized spacial score (nSPS) is 15.6. The summed E-state index contributed by atoms with van der Waals surface area (Å²) in [5, 5.41) is 2.85. The monoisotopic (exact) mass is 510 g/mol. The van der Waals surface area contributed by atoms with E-state index in [2.05, 4.69) is 51.3 Å². The number of benzene rings is 2. The van der Waals surface area contributed by atoms with Crippen LogP contribution in [0.3, 0.4) is 0 Å². The molecule has 1 aromatic heterocycles. The Morgan fingerprint density at radius 1 is 1.17 bits per heavy atom. The van der Waals surface area contributed by atoms with Gasteiger partial charge in [-0.15, -0.1) is 11.3 Å². The lowest BCUT2D eigenvalue weighted by atomic mass is 10.1. The van der Waals surface area contributed by atoms with Gasteiger partial charge in [-0.2, -0.15) is 0 Å². The summed E-state index contributed by atoms with van der Waals surface area (Å²) < 4.78 is 26.9. The van der Waals surface area contributed by atoms with E-state index in [1.807, 2.05) is 6.07 Å². The van der Waals surface area contributed by atoms with E-state index in [0.29, 0.717) is 25.9 Å². The van der Waals surface area contributed by atoms with Gasteiger partial charge in [0.05, 0.1) is 20.9 Å². The van der Waals surface area contributed by atoms with Gasteiger partial charge in [0.15, 0.2) is 15.0 Å². The number of piperidine rings is 1. The molecule has 0 radical (unpaired) electrons. The molecule has 0 atom stereocenters. The number of aromatic nitrogens is 1. The molecule has 0 amide bonds. The third-order valence-electron chi connectivity index (χ3n) is 5.16. The molecule has 8 heteroatoms. The van der Waals surface area contributed by atoms with Crippen LogP contribution in [0.2, 0.25) is 5.02 Å². The first-order chi connectivity index (χ1) is 13.8. The molecular weight excluding hydrogens is 492 g/mol. The standard InChI is InChI=1S/C21H20BrClN2O2S2/c1-14-3-2-4-15(11-14)19-13-28-21(24-19)25-9-7-17(8-10-25)29(26,27)20-6-5-16(22)12-18(20)23/h2-6,11-13,17H,7-10H2,1H3. The highest BCUT2D eigenvalue weighted by Gasteiger charge is 2.33. The topological polar surface area (TPSA) is 50.3 Å². The molecule has 0 N–H and O–H groups in total. The number of nitrogens with zero attached hydrogens (tertiary/aromatic N) is 2. The Kier molecular flexibility index (Phi) is 6.02. The highest BCUT2D eigenvalue weighted by molar-refractivity contribution is 9.10. The Labute approximate surface area is 188 Å². The highest BCUT2D eigenvalue weighted by Crippen LogP contribution is 2.34. The predicted octanol–water partition coefficient (Wildman–Crippen LogP) is 5.98. The van der Waals surface area contributed by atoms with Crippen LogP contribution in [0.5, 0.6) is 0 Å². The summed E-state index contributed by atoms with van der Waals surface area (Å²) in [6, 6.07) is 13.2. The minimum atomic E-state index is -3.45. The molecular formula is C21H20BrClN2O2S2. The number of aryl methyl sites for hydroxylation is 1. The van der Waals surface area contributed by atoms with Crippen molar-refractivity contribution in [3.63, 3.8) is 0 Å². The second-order valence-corrected chi connectivity index (χ2v) is 11.5. The maximum Gasteiger partial charge on any atom is 0.185 e. The number of sulfone groups is 1. The van der Waals surface area contributed by atoms with E-state index >= 15 is 0 Å². The summed E-state index contributed by atoms with van der Waals surface area (Å²) in [4.78, 5) is 7.18. The Hall–Kier alpha value is -1.41. The Morgan fingerprint density at radius 3 is 2.62 bits per heavy atom. The average molecular weight is 512 g/mol. The fourth-order valence-corrected chi connectivity index (χ4v) is 7.25. The van der Waals surface area contributed by atoms with E-state index in [-0.39, 0.29) is 9.92 Å². The number of rotatable bonds is 4. The van der Waals surface area contributed by atoms with Gasteiger partial charge in [0.25, 0.3) is 0 Å². The second-order valence-electron chi connectivity index (χ2n) is 7.19. The predicted molar refractivity (Wildman–Crippen MR) is 124 cm³/mol. The Morgan fingerprint density at radius 2 is 1.93 bits per heavy atom. The quantitative estimate of drug-likeness (QED) is 0.432. The molecule has 0 saturated carbocycles. The van der Waals surface area contributed by atoms with Gasteiger partial charge in [-0.1, -0.05) is 51.3 Å². The minimum Gasteiger partial charge on any atom is -0.348 e. The van der Waals surface area contributed by atoms with Crippen molar-refractivity contribution in [1.29, 1.82) is 0 Å². The summed E-state index contributed by atoms with van der Waals surface area (Å²) in [7, 11) is -3.45. The Balaban J connectivity index is 1.47. The molecule has 29 heavy (non-hydrogen) atoms. The van der Waals surface area contributed by atoms with Crippen molar-refractivity contribution in [2.45, 2.75) is 29.9 Å². The van der Waals surface area contributed by atoms with Crippen LogP contribution in [0.25, 0.3) is 11.3 Å². The third kappa shape index (κ3) is 4.38. The summed E-state index contributed by atoms with van der Waals surface area (Å²) in [5.74, 6) is 0. The SMILES string of the molecule is Cc1cccc(-c2csc(N3CCC(S(=O)(=O)c4ccc(Br)cc4Cl)CC3)n2)c1. The van der Waals surface area contributed by atoms with E-state index in [1.54, 1.807) is 29.5 Å². The van der Waals surface area contributed by atoms with Crippen molar-refractivity contribution in [2.75, 3.05) is 18.0 Å². The first-order valence-corrected chi connectivity index (χ1v) is 12.9. The molecule has 0 bridgehead atoms. The van der Waals surface area contributed by atoms with E-state index in [1.165, 1.54) is 5.56 Å². The number of anilines is 1. The largest absolute Gasteiger partial charge is 0.348 e. The van der Waals surface area contributed by atoms with E-state index < -0.39 is 15.1 Å². The molecule has 4 rings (SSSR count). The first-order valence-electron chi connectivity index (χ1n) is 9.31. The number of hydrogen-bond acceptors (Lipinski definition) is 5. The average Bonchev–Trinajstić information content (AvgIpc) is 3.18. The summed E-state index contributed by atoms with van der Waals surface area (Å²) >= 11 is 11.1. The molecule has 1 saturated heterocycles. The molecule has 152 valence electrons. The fraction of sp³-hybridized carbons (Fsp3) is 0.286. The van der Waals surface area contributed by atoms with Crippen LogP contribution in [-0.2, 0) is 9.84 Å². The van der Waals surface area contributed by atoms with Crippen molar-refractivity contribution >= 4 is 53.8 Å². The first kappa shape index (κ1) is 20.8. The molecule has 2 heterocycles. The van der Waals surface area contributed by atoms with Crippen LogP contribution in [0.4, 0.5) is 5.13 Å². The van der Waals surface area contributed by atoms with Crippen LogP contribution < -0.4 is 4.90 Å². The van der Waals surface area contributed by atoms with Gasteiger partial charge in [0.2, 0.25) is 0 Å². The molecule has 3 aromatic rings. The summed E-state index contributed by atoms with van der Waals surface area (Å²) in [6.45, 7) is 3.40. The van der Waals surface area contributed by atoms with Crippen LogP contribution in [0, 0.1) is 6.92 Å². The van der Waals surface area contributed by atoms with E-state index in [9.17, 15) is 8.42 Å². The zero-order valence-electron chi connectivity index (χ0n) is 15.8. The lowest BCUT2D eigenvalue weighted by molar-refractivity contribution is 0.529. The molecule has 0 aliphatic carbocycles. The maximum atomic E-state index is 13.1. The van der Waals surface area contributed by atoms with Gasteiger partial charge in [-0.25, -0.2) is 13.4 Å². The lowest BCUT2D eigenvalue weighted by Crippen LogP contribution is -2.39. The van der Waals surface area contributed by atoms with Gasteiger partial charge >= 0.3 is 0 Å². The molecule has 0 unspecified atom stereocenters. The van der Waals surface area contributed by atoms with Gasteiger partial charge in [-0.3, -0.25) is 0 Å². The van der Waals surface area contributed by atoms with Crippen molar-refractivity contribution in [3.8, 4) is 11.3 Å². The van der Waals surface area contributed by atoms with E-state index in [4.69, 9.17) is 16.6 Å². The minimum absolute atomic E-state index is 0.219. The van der Waals surface area contributed by atoms with E-state index in [0.717, 1.165) is 20.9 Å². The zero-order chi connectivity index (χ0) is 20.6. The van der Waals surface area contributed by atoms with Crippen molar-refractivity contribution in [3.05, 3.63) is 62.9 Å². The molecule has 1 fully saturated rings. The lowest BCUT2D eigenvalue weighted by Gasteiger charge is -2.31. The van der Waals surface area contributed by atoms with Gasteiger partial charge in [0.1, 0.15) is 0 Å². The van der Waals surface area contributed by atoms with Crippen molar-refractivity contribution < 1.29 is 8.42 Å². The zero-order valence-corrected chi connectivity index (χ0v) is 19.8. The highest BCUT2D eigenvalue weighted by atomic mass is 79.9. The van der Waals surface area contributed by atoms with Crippen LogP contribution >= 0.6 is 38.9 Å². The van der Waals surface area contributed by atoms with Crippen LogP contribution in [-0.4, -0.2) is 31.7 Å². The smallest absolute Gasteiger partial charge is 0.185 e. The molecule has 2 aromatic carbocycles. The number of halogens is 2. The number of thiazole rings is 1. The van der Waals surface area contributed by atoms with Gasteiger partial charge in [-0.05, 0) is 44.0 Å². The van der Waals surface area contributed by atoms with Gasteiger partial charge < -0.3 is 4.90 Å². The summed E-state index contributed by atoms with van der Waals surface area (Å²) in [5.41, 5.74) is 3.27. The maximum absolute atomic E-state index is 13.1. The Bertz CT molecular complexity index is 1140. The second kappa shape index (κ2) is 8.38. The fourth-order valence-electron chi connectivity index (χ4n) is 3.59. The van der Waals surface area contributed by atoms with Crippen molar-refractivity contribution in [2.24, 2.45) is 0 Å². The third-order valence-corrected chi connectivity index (χ3v) is 9.30.